The molecule has 0 fully saturated rings. The van der Waals surface area contributed by atoms with E-state index in [1.165, 1.54) is 6.26 Å². The first-order valence-corrected chi connectivity index (χ1v) is 7.31. The highest BCUT2D eigenvalue weighted by Crippen LogP contribution is 2.24. The molecular weight excluding hydrogens is 234 g/mol. The molecule has 0 aliphatic rings. The van der Waals surface area contributed by atoms with Crippen LogP contribution in [0.3, 0.4) is 0 Å². The molecule has 0 unspecified atom stereocenters. The molecule has 1 atom stereocenters. The van der Waals surface area contributed by atoms with Crippen molar-refractivity contribution in [2.24, 2.45) is 0 Å². The molecule has 0 radical (unpaired) electrons. The zero-order chi connectivity index (χ0) is 12.5. The van der Waals surface area contributed by atoms with Gasteiger partial charge in [0.1, 0.15) is 0 Å². The van der Waals surface area contributed by atoms with E-state index in [4.69, 9.17) is 0 Å². The fourth-order valence-corrected chi connectivity index (χ4v) is 2.78. The molecule has 0 aliphatic carbocycles. The topological polar surface area (TPSA) is 46.2 Å². The van der Waals surface area contributed by atoms with E-state index in [1.54, 1.807) is 0 Å². The summed E-state index contributed by atoms with van der Waals surface area (Å²) >= 11 is 0. The summed E-state index contributed by atoms with van der Waals surface area (Å²) in [6, 6.07) is 13.6. The van der Waals surface area contributed by atoms with Crippen LogP contribution >= 0.6 is 0 Å². The maximum atomic E-state index is 11.2. The van der Waals surface area contributed by atoms with Gasteiger partial charge in [0.25, 0.3) is 0 Å². The van der Waals surface area contributed by atoms with Crippen molar-refractivity contribution < 1.29 is 8.42 Å². The van der Waals surface area contributed by atoms with Crippen LogP contribution in [0.2, 0.25) is 0 Å². The minimum Gasteiger partial charge on any atom is -0.213 e. The Morgan fingerprint density at radius 3 is 2.41 bits per heavy atom. The predicted molar refractivity (Wildman–Crippen MR) is 70.3 cm³/mol. The molecule has 0 heterocycles. The second kappa shape index (κ2) is 4.47. The largest absolute Gasteiger partial charge is 0.213 e. The van der Waals surface area contributed by atoms with E-state index in [9.17, 15) is 8.42 Å². The van der Waals surface area contributed by atoms with Gasteiger partial charge in [-0.05, 0) is 23.3 Å². The Morgan fingerprint density at radius 2 is 1.71 bits per heavy atom. The van der Waals surface area contributed by atoms with Crippen LogP contribution in [0.5, 0.6) is 0 Å². The highest BCUT2D eigenvalue weighted by atomic mass is 32.2. The quantitative estimate of drug-likeness (QED) is 0.908. The van der Waals surface area contributed by atoms with Gasteiger partial charge in [-0.1, -0.05) is 42.5 Å². The van der Waals surface area contributed by atoms with Gasteiger partial charge in [-0.2, -0.15) is 0 Å². The third kappa shape index (κ3) is 2.84. The van der Waals surface area contributed by atoms with Crippen molar-refractivity contribution in [1.29, 1.82) is 0 Å². The van der Waals surface area contributed by atoms with Gasteiger partial charge in [0.05, 0.1) is 6.26 Å². The SMILES string of the molecule is C[C@@H](NS(C)(=O)=O)c1cccc2ccccc12. The number of rotatable bonds is 3. The van der Waals surface area contributed by atoms with Gasteiger partial charge in [-0.3, -0.25) is 0 Å². The molecule has 0 saturated heterocycles. The van der Waals surface area contributed by atoms with E-state index in [2.05, 4.69) is 4.72 Å². The van der Waals surface area contributed by atoms with Crippen LogP contribution in [0.4, 0.5) is 0 Å². The molecule has 0 aliphatic heterocycles. The average Bonchev–Trinajstić information content (AvgIpc) is 2.26. The van der Waals surface area contributed by atoms with E-state index in [-0.39, 0.29) is 6.04 Å². The summed E-state index contributed by atoms with van der Waals surface area (Å²) in [7, 11) is -3.19. The van der Waals surface area contributed by atoms with Gasteiger partial charge < -0.3 is 0 Å². The molecule has 0 bridgehead atoms. The number of hydrogen-bond donors (Lipinski definition) is 1. The highest BCUT2D eigenvalue weighted by molar-refractivity contribution is 7.88. The number of nitrogens with one attached hydrogen (secondary N) is 1. The zero-order valence-corrected chi connectivity index (χ0v) is 10.7. The van der Waals surface area contributed by atoms with Crippen molar-refractivity contribution in [3.63, 3.8) is 0 Å². The minimum atomic E-state index is -3.19. The highest BCUT2D eigenvalue weighted by Gasteiger charge is 2.12. The summed E-state index contributed by atoms with van der Waals surface area (Å²) in [5, 5.41) is 2.20. The van der Waals surface area contributed by atoms with Gasteiger partial charge in [-0.25, -0.2) is 13.1 Å². The van der Waals surface area contributed by atoms with Crippen molar-refractivity contribution >= 4 is 20.8 Å². The van der Waals surface area contributed by atoms with Crippen LogP contribution in [0.15, 0.2) is 42.5 Å². The predicted octanol–water partition coefficient (Wildman–Crippen LogP) is 2.45. The molecule has 2 rings (SSSR count). The standard InChI is InChI=1S/C13H15NO2S/c1-10(14-17(2,15)16)12-9-5-7-11-6-3-4-8-13(11)12/h3-10,14H,1-2H3/t10-/m1/s1. The van der Waals surface area contributed by atoms with Gasteiger partial charge >= 0.3 is 0 Å². The van der Waals surface area contributed by atoms with Crippen LogP contribution in [-0.2, 0) is 10.0 Å². The van der Waals surface area contributed by atoms with E-state index < -0.39 is 10.0 Å². The molecule has 0 aromatic heterocycles. The lowest BCUT2D eigenvalue weighted by atomic mass is 10.0. The van der Waals surface area contributed by atoms with Crippen molar-refractivity contribution in [3.8, 4) is 0 Å². The molecule has 90 valence electrons. The smallest absolute Gasteiger partial charge is 0.209 e. The molecule has 2 aromatic carbocycles. The first-order valence-electron chi connectivity index (χ1n) is 5.42. The van der Waals surface area contributed by atoms with E-state index in [1.807, 2.05) is 49.4 Å². The molecule has 3 nitrogen and oxygen atoms in total. The van der Waals surface area contributed by atoms with Crippen LogP contribution in [0.25, 0.3) is 10.8 Å². The summed E-state index contributed by atoms with van der Waals surface area (Å²) in [5.74, 6) is 0. The minimum absolute atomic E-state index is 0.226. The molecule has 2 aromatic rings. The summed E-state index contributed by atoms with van der Waals surface area (Å²) in [4.78, 5) is 0. The van der Waals surface area contributed by atoms with Gasteiger partial charge in [0.2, 0.25) is 10.0 Å². The normalized spacial score (nSPS) is 13.8. The second-order valence-electron chi connectivity index (χ2n) is 4.18. The maximum Gasteiger partial charge on any atom is 0.209 e. The Kier molecular flexibility index (Phi) is 3.17. The summed E-state index contributed by atoms with van der Waals surface area (Å²) in [6.07, 6.45) is 1.18. The Labute approximate surface area is 102 Å². The fourth-order valence-electron chi connectivity index (χ4n) is 2.01. The van der Waals surface area contributed by atoms with Gasteiger partial charge in [-0.15, -0.1) is 0 Å². The Morgan fingerprint density at radius 1 is 1.06 bits per heavy atom. The molecule has 1 N–H and O–H groups in total. The van der Waals surface area contributed by atoms with Gasteiger partial charge in [0, 0.05) is 6.04 Å². The summed E-state index contributed by atoms with van der Waals surface area (Å²) in [6.45, 7) is 1.85. The lowest BCUT2D eigenvalue weighted by molar-refractivity contribution is 0.574. The van der Waals surface area contributed by atoms with Crippen molar-refractivity contribution in [1.82, 2.24) is 4.72 Å². The third-order valence-electron chi connectivity index (χ3n) is 2.68. The van der Waals surface area contributed by atoms with Crippen LogP contribution in [0.1, 0.15) is 18.5 Å². The van der Waals surface area contributed by atoms with E-state index >= 15 is 0 Å². The lowest BCUT2D eigenvalue weighted by Gasteiger charge is -2.15. The Balaban J connectivity index is 2.48. The molecule has 0 saturated carbocycles. The summed E-state index contributed by atoms with van der Waals surface area (Å²) < 4.78 is 25.1. The lowest BCUT2D eigenvalue weighted by Crippen LogP contribution is -2.25. The van der Waals surface area contributed by atoms with Crippen molar-refractivity contribution in [3.05, 3.63) is 48.0 Å². The second-order valence-corrected chi connectivity index (χ2v) is 5.96. The first-order chi connectivity index (χ1) is 7.97. The Hall–Kier alpha value is -1.39. The summed E-state index contributed by atoms with van der Waals surface area (Å²) in [5.41, 5.74) is 0.994. The van der Waals surface area contributed by atoms with Crippen LogP contribution in [-0.4, -0.2) is 14.7 Å². The van der Waals surface area contributed by atoms with Crippen LogP contribution in [0, 0.1) is 0 Å². The van der Waals surface area contributed by atoms with Crippen LogP contribution < -0.4 is 4.72 Å². The molecular formula is C13H15NO2S. The zero-order valence-electron chi connectivity index (χ0n) is 9.84. The Bertz CT molecular complexity index is 629. The molecule has 0 amide bonds. The van der Waals surface area contributed by atoms with E-state index in [0.29, 0.717) is 0 Å². The number of sulfonamides is 1. The monoisotopic (exact) mass is 249 g/mol. The number of fused-ring (bicyclic) bond motifs is 1. The molecule has 0 spiro atoms. The maximum absolute atomic E-state index is 11.2. The molecule has 4 heteroatoms. The molecule has 17 heavy (non-hydrogen) atoms. The fraction of sp³-hybridized carbons (Fsp3) is 0.231. The number of benzene rings is 2. The van der Waals surface area contributed by atoms with E-state index in [0.717, 1.165) is 16.3 Å². The van der Waals surface area contributed by atoms with Crippen molar-refractivity contribution in [2.45, 2.75) is 13.0 Å². The first kappa shape index (κ1) is 12.1. The number of hydrogen-bond acceptors (Lipinski definition) is 2. The third-order valence-corrected chi connectivity index (χ3v) is 3.46. The average molecular weight is 249 g/mol. The van der Waals surface area contributed by atoms with Gasteiger partial charge in [0.15, 0.2) is 0 Å². The van der Waals surface area contributed by atoms with Crippen molar-refractivity contribution in [2.75, 3.05) is 6.26 Å².